The molecule has 1 heterocycles. The van der Waals surface area contributed by atoms with Crippen LogP contribution in [0.3, 0.4) is 0 Å². The fourth-order valence-electron chi connectivity index (χ4n) is 3.92. The molecule has 3 aromatic carbocycles. The highest BCUT2D eigenvalue weighted by molar-refractivity contribution is 5.76. The fraction of sp³-hybridized carbons (Fsp3) is 0.250. The summed E-state index contributed by atoms with van der Waals surface area (Å²) < 4.78 is 21.9. The van der Waals surface area contributed by atoms with E-state index in [2.05, 4.69) is 15.5 Å². The van der Waals surface area contributed by atoms with Crippen molar-refractivity contribution >= 4 is 5.91 Å². The van der Waals surface area contributed by atoms with Crippen LogP contribution < -0.4 is 19.5 Å². The minimum Gasteiger partial charge on any atom is -0.493 e. The Hall–Kier alpha value is -4.33. The number of nitrogens with one attached hydrogen (secondary N) is 1. The molecule has 1 atom stereocenters. The summed E-state index contributed by atoms with van der Waals surface area (Å²) in [5.41, 5.74) is 2.78. The van der Waals surface area contributed by atoms with Gasteiger partial charge < -0.3 is 24.1 Å². The maximum atomic E-state index is 12.9. The van der Waals surface area contributed by atoms with E-state index < -0.39 is 6.04 Å². The van der Waals surface area contributed by atoms with Gasteiger partial charge in [-0.05, 0) is 29.7 Å². The number of amides is 1. The first-order chi connectivity index (χ1) is 17.6. The number of carbonyl (C=O) groups is 1. The number of methoxy groups -OCH3 is 3. The van der Waals surface area contributed by atoms with Gasteiger partial charge in [0.05, 0.1) is 21.3 Å². The van der Waals surface area contributed by atoms with Crippen LogP contribution >= 0.6 is 0 Å². The topological polar surface area (TPSA) is 95.7 Å². The number of aromatic nitrogens is 2. The highest BCUT2D eigenvalue weighted by Crippen LogP contribution is 2.40. The predicted molar refractivity (Wildman–Crippen MR) is 135 cm³/mol. The summed E-state index contributed by atoms with van der Waals surface area (Å²) in [4.78, 5) is 17.5. The molecule has 0 saturated heterocycles. The molecule has 186 valence electrons. The lowest BCUT2D eigenvalue weighted by Crippen LogP contribution is -2.30. The summed E-state index contributed by atoms with van der Waals surface area (Å²) in [6.07, 6.45) is 1.50. The van der Waals surface area contributed by atoms with Gasteiger partial charge >= 0.3 is 0 Å². The molecule has 4 rings (SSSR count). The summed E-state index contributed by atoms with van der Waals surface area (Å²) >= 11 is 0. The summed E-state index contributed by atoms with van der Waals surface area (Å²) in [5.74, 6) is 2.01. The number of rotatable bonds is 11. The third-order valence-corrected chi connectivity index (χ3v) is 5.76. The molecule has 8 nitrogen and oxygen atoms in total. The molecule has 36 heavy (non-hydrogen) atoms. The standard InChI is InChI=1S/C28H29N3O5/c1-33-23-17-21(18-24(34-2)26(23)35-3)27-30-28(36-31-27)22(16-20-12-8-5-9-13-20)29-25(32)15-14-19-10-6-4-7-11-19/h4-13,17-18,22H,14-16H2,1-3H3,(H,29,32)/t22-/m0/s1. The predicted octanol–water partition coefficient (Wildman–Crippen LogP) is 4.80. The molecular formula is C28H29N3O5. The van der Waals surface area contributed by atoms with Gasteiger partial charge in [0, 0.05) is 18.4 Å². The summed E-state index contributed by atoms with van der Waals surface area (Å²) in [7, 11) is 4.63. The fourth-order valence-corrected chi connectivity index (χ4v) is 3.92. The van der Waals surface area contributed by atoms with Crippen LogP contribution in [-0.4, -0.2) is 37.4 Å². The van der Waals surface area contributed by atoms with Crippen LogP contribution in [-0.2, 0) is 17.6 Å². The van der Waals surface area contributed by atoms with E-state index in [-0.39, 0.29) is 5.91 Å². The smallest absolute Gasteiger partial charge is 0.249 e. The Kier molecular flexibility index (Phi) is 8.18. The monoisotopic (exact) mass is 487 g/mol. The van der Waals surface area contributed by atoms with Crippen molar-refractivity contribution in [3.05, 3.63) is 89.8 Å². The zero-order chi connectivity index (χ0) is 25.3. The first-order valence-corrected chi connectivity index (χ1v) is 11.6. The number of benzene rings is 3. The molecule has 0 spiro atoms. The van der Waals surface area contributed by atoms with Gasteiger partial charge in [0.15, 0.2) is 11.5 Å². The number of aryl methyl sites for hydroxylation is 1. The van der Waals surface area contributed by atoms with Crippen LogP contribution in [0, 0.1) is 0 Å². The van der Waals surface area contributed by atoms with Gasteiger partial charge in [-0.3, -0.25) is 4.79 Å². The first-order valence-electron chi connectivity index (χ1n) is 11.6. The number of ether oxygens (including phenoxy) is 3. The van der Waals surface area contributed by atoms with Crippen molar-refractivity contribution in [2.24, 2.45) is 0 Å². The molecule has 0 unspecified atom stereocenters. The summed E-state index contributed by atoms with van der Waals surface area (Å²) in [6.45, 7) is 0. The van der Waals surface area contributed by atoms with E-state index in [4.69, 9.17) is 18.7 Å². The van der Waals surface area contributed by atoms with E-state index in [1.165, 1.54) is 0 Å². The second-order valence-electron chi connectivity index (χ2n) is 8.17. The van der Waals surface area contributed by atoms with Crippen molar-refractivity contribution in [2.75, 3.05) is 21.3 Å². The average Bonchev–Trinajstić information content (AvgIpc) is 3.42. The van der Waals surface area contributed by atoms with Crippen LogP contribution in [0.1, 0.15) is 29.5 Å². The molecule has 1 N–H and O–H groups in total. The molecule has 0 radical (unpaired) electrons. The summed E-state index contributed by atoms with van der Waals surface area (Å²) in [5, 5.41) is 7.24. The number of nitrogens with zero attached hydrogens (tertiary/aromatic N) is 2. The van der Waals surface area contributed by atoms with Gasteiger partial charge in [0.25, 0.3) is 0 Å². The van der Waals surface area contributed by atoms with Gasteiger partial charge in [-0.25, -0.2) is 0 Å². The van der Waals surface area contributed by atoms with Crippen molar-refractivity contribution in [2.45, 2.75) is 25.3 Å². The van der Waals surface area contributed by atoms with Crippen LogP contribution in [0.15, 0.2) is 77.3 Å². The van der Waals surface area contributed by atoms with Crippen LogP contribution in [0.25, 0.3) is 11.4 Å². The van der Waals surface area contributed by atoms with Crippen molar-refractivity contribution in [1.82, 2.24) is 15.5 Å². The normalized spacial score (nSPS) is 11.5. The van der Waals surface area contributed by atoms with Gasteiger partial charge in [-0.1, -0.05) is 65.8 Å². The molecule has 0 aliphatic rings. The van der Waals surface area contributed by atoms with Crippen molar-refractivity contribution in [3.8, 4) is 28.6 Å². The number of hydrogen-bond donors (Lipinski definition) is 1. The van der Waals surface area contributed by atoms with Gasteiger partial charge in [-0.15, -0.1) is 0 Å². The zero-order valence-corrected chi connectivity index (χ0v) is 20.6. The van der Waals surface area contributed by atoms with E-state index in [0.29, 0.717) is 53.8 Å². The Morgan fingerprint density at radius 3 is 2.08 bits per heavy atom. The highest BCUT2D eigenvalue weighted by Gasteiger charge is 2.24. The quantitative estimate of drug-likeness (QED) is 0.325. The Morgan fingerprint density at radius 2 is 1.50 bits per heavy atom. The molecule has 0 aliphatic carbocycles. The largest absolute Gasteiger partial charge is 0.493 e. The zero-order valence-electron chi connectivity index (χ0n) is 20.6. The van der Waals surface area contributed by atoms with Crippen molar-refractivity contribution in [1.29, 1.82) is 0 Å². The number of hydrogen-bond acceptors (Lipinski definition) is 7. The molecular weight excluding hydrogens is 458 g/mol. The Labute approximate surface area is 210 Å². The molecule has 1 aromatic heterocycles. The van der Waals surface area contributed by atoms with E-state index in [1.807, 2.05) is 60.7 Å². The lowest BCUT2D eigenvalue weighted by atomic mass is 10.0. The van der Waals surface area contributed by atoms with Gasteiger partial charge in [0.2, 0.25) is 23.4 Å². The Morgan fingerprint density at radius 1 is 0.889 bits per heavy atom. The molecule has 0 saturated carbocycles. The van der Waals surface area contributed by atoms with E-state index in [1.54, 1.807) is 33.5 Å². The van der Waals surface area contributed by atoms with Crippen molar-refractivity contribution < 1.29 is 23.5 Å². The molecule has 1 amide bonds. The molecule has 8 heteroatoms. The highest BCUT2D eigenvalue weighted by atomic mass is 16.5. The van der Waals surface area contributed by atoms with E-state index >= 15 is 0 Å². The second kappa shape index (κ2) is 11.9. The Bertz CT molecular complexity index is 1250. The minimum atomic E-state index is -0.487. The maximum absolute atomic E-state index is 12.9. The lowest BCUT2D eigenvalue weighted by Gasteiger charge is -2.15. The molecule has 4 aromatic rings. The van der Waals surface area contributed by atoms with Gasteiger partial charge in [-0.2, -0.15) is 4.98 Å². The average molecular weight is 488 g/mol. The second-order valence-corrected chi connectivity index (χ2v) is 8.17. The molecule has 0 aliphatic heterocycles. The minimum absolute atomic E-state index is 0.0904. The maximum Gasteiger partial charge on any atom is 0.249 e. The van der Waals surface area contributed by atoms with E-state index in [0.717, 1.165) is 11.1 Å². The SMILES string of the molecule is COc1cc(-c2noc([C@H](Cc3ccccc3)NC(=O)CCc3ccccc3)n2)cc(OC)c1OC. The number of carbonyl (C=O) groups excluding carboxylic acids is 1. The third-order valence-electron chi connectivity index (χ3n) is 5.76. The van der Waals surface area contributed by atoms with Crippen LogP contribution in [0.5, 0.6) is 17.2 Å². The van der Waals surface area contributed by atoms with Gasteiger partial charge in [0.1, 0.15) is 6.04 Å². The van der Waals surface area contributed by atoms with Crippen molar-refractivity contribution in [3.63, 3.8) is 0 Å². The van der Waals surface area contributed by atoms with Crippen LogP contribution in [0.4, 0.5) is 0 Å². The van der Waals surface area contributed by atoms with E-state index in [9.17, 15) is 4.79 Å². The summed E-state index contributed by atoms with van der Waals surface area (Å²) in [6, 6.07) is 22.8. The molecule has 0 bridgehead atoms. The molecule has 0 fully saturated rings. The first kappa shape index (κ1) is 24.8. The third kappa shape index (κ3) is 6.02. The lowest BCUT2D eigenvalue weighted by molar-refractivity contribution is -0.122. The van der Waals surface area contributed by atoms with Crippen LogP contribution in [0.2, 0.25) is 0 Å². The Balaban J connectivity index is 1.57.